The smallest absolute Gasteiger partial charge is 0.139 e. The highest BCUT2D eigenvalue weighted by Crippen LogP contribution is 2.33. The van der Waals surface area contributed by atoms with Crippen LogP contribution in [0, 0.1) is 12.8 Å². The standard InChI is InChI=1S/C13H15BrClNO/c1-8-5-10(14)12(6-11(8)15)16-4-3-13(17)9(2)7-16/h5-6,9H,3-4,7H2,1-2H3. The summed E-state index contributed by atoms with van der Waals surface area (Å²) in [4.78, 5) is 13.7. The van der Waals surface area contributed by atoms with Gasteiger partial charge in [0.2, 0.25) is 0 Å². The molecular formula is C13H15BrClNO. The molecule has 1 unspecified atom stereocenters. The number of piperidine rings is 1. The Labute approximate surface area is 115 Å². The average Bonchev–Trinajstić information content (AvgIpc) is 2.27. The van der Waals surface area contributed by atoms with Crippen molar-refractivity contribution < 1.29 is 4.79 Å². The normalized spacial score (nSPS) is 20.8. The molecule has 0 bridgehead atoms. The lowest BCUT2D eigenvalue weighted by atomic mass is 9.98. The van der Waals surface area contributed by atoms with E-state index in [4.69, 9.17) is 11.6 Å². The highest BCUT2D eigenvalue weighted by molar-refractivity contribution is 9.10. The number of carbonyl (C=O) groups excluding carboxylic acids is 1. The Morgan fingerprint density at radius 2 is 2.18 bits per heavy atom. The average molecular weight is 317 g/mol. The van der Waals surface area contributed by atoms with Gasteiger partial charge in [0.1, 0.15) is 5.78 Å². The summed E-state index contributed by atoms with van der Waals surface area (Å²) in [6, 6.07) is 4.00. The third-order valence-corrected chi connectivity index (χ3v) is 4.28. The fourth-order valence-corrected chi connectivity index (χ4v) is 2.98. The molecule has 0 aliphatic carbocycles. The van der Waals surface area contributed by atoms with Crippen molar-refractivity contribution >= 4 is 39.0 Å². The van der Waals surface area contributed by atoms with E-state index in [9.17, 15) is 4.79 Å². The van der Waals surface area contributed by atoms with Gasteiger partial charge in [-0.1, -0.05) is 18.5 Å². The number of benzene rings is 1. The number of anilines is 1. The van der Waals surface area contributed by atoms with Gasteiger partial charge in [-0.05, 0) is 40.5 Å². The van der Waals surface area contributed by atoms with Gasteiger partial charge in [-0.3, -0.25) is 4.79 Å². The molecule has 1 heterocycles. The molecule has 1 aliphatic rings. The number of hydrogen-bond donors (Lipinski definition) is 0. The van der Waals surface area contributed by atoms with Gasteiger partial charge in [0.25, 0.3) is 0 Å². The molecule has 4 heteroatoms. The van der Waals surface area contributed by atoms with Crippen LogP contribution in [-0.4, -0.2) is 18.9 Å². The quantitative estimate of drug-likeness (QED) is 0.785. The van der Waals surface area contributed by atoms with E-state index in [-0.39, 0.29) is 5.92 Å². The Morgan fingerprint density at radius 1 is 1.47 bits per heavy atom. The fourth-order valence-electron chi connectivity index (χ4n) is 2.11. The van der Waals surface area contributed by atoms with Crippen molar-refractivity contribution in [2.24, 2.45) is 5.92 Å². The molecular weight excluding hydrogens is 302 g/mol. The van der Waals surface area contributed by atoms with Crippen molar-refractivity contribution in [1.29, 1.82) is 0 Å². The van der Waals surface area contributed by atoms with Gasteiger partial charge in [0.15, 0.2) is 0 Å². The van der Waals surface area contributed by atoms with E-state index < -0.39 is 0 Å². The van der Waals surface area contributed by atoms with Crippen molar-refractivity contribution in [3.8, 4) is 0 Å². The maximum Gasteiger partial charge on any atom is 0.139 e. The topological polar surface area (TPSA) is 20.3 Å². The molecule has 1 aliphatic heterocycles. The number of halogens is 2. The summed E-state index contributed by atoms with van der Waals surface area (Å²) in [5, 5.41) is 0.771. The summed E-state index contributed by atoms with van der Waals surface area (Å²) < 4.78 is 1.04. The molecule has 0 N–H and O–H groups in total. The van der Waals surface area contributed by atoms with E-state index in [1.54, 1.807) is 0 Å². The molecule has 1 fully saturated rings. The van der Waals surface area contributed by atoms with Crippen LogP contribution in [0.5, 0.6) is 0 Å². The van der Waals surface area contributed by atoms with Crippen molar-refractivity contribution in [2.45, 2.75) is 20.3 Å². The molecule has 1 aromatic rings. The maximum absolute atomic E-state index is 11.5. The van der Waals surface area contributed by atoms with Crippen LogP contribution in [0.3, 0.4) is 0 Å². The summed E-state index contributed by atoms with van der Waals surface area (Å²) in [5.74, 6) is 0.464. The Bertz CT molecular complexity index is 461. The Balaban J connectivity index is 2.29. The lowest BCUT2D eigenvalue weighted by Crippen LogP contribution is -2.39. The molecule has 0 radical (unpaired) electrons. The van der Waals surface area contributed by atoms with Crippen LogP contribution >= 0.6 is 27.5 Å². The molecule has 1 saturated heterocycles. The van der Waals surface area contributed by atoms with Crippen LogP contribution in [0.2, 0.25) is 5.02 Å². The van der Waals surface area contributed by atoms with Gasteiger partial charge in [-0.15, -0.1) is 0 Å². The zero-order valence-electron chi connectivity index (χ0n) is 9.96. The SMILES string of the molecule is Cc1cc(Br)c(N2CCC(=O)C(C)C2)cc1Cl. The third kappa shape index (κ3) is 2.66. The zero-order valence-corrected chi connectivity index (χ0v) is 12.3. The van der Waals surface area contributed by atoms with Gasteiger partial charge >= 0.3 is 0 Å². The van der Waals surface area contributed by atoms with E-state index in [1.165, 1.54) is 0 Å². The van der Waals surface area contributed by atoms with Crippen molar-refractivity contribution in [1.82, 2.24) is 0 Å². The molecule has 17 heavy (non-hydrogen) atoms. The Kier molecular flexibility index (Phi) is 3.79. The molecule has 92 valence electrons. The molecule has 0 amide bonds. The minimum atomic E-state index is 0.107. The predicted molar refractivity (Wildman–Crippen MR) is 74.9 cm³/mol. The fraction of sp³-hybridized carbons (Fsp3) is 0.462. The number of ketones is 1. The first kappa shape index (κ1) is 12.9. The number of Topliss-reactive ketones (excluding diaryl/α,β-unsaturated/α-hetero) is 1. The molecule has 0 aromatic heterocycles. The second-order valence-electron chi connectivity index (χ2n) is 4.62. The number of hydrogen-bond acceptors (Lipinski definition) is 2. The lowest BCUT2D eigenvalue weighted by Gasteiger charge is -2.32. The maximum atomic E-state index is 11.5. The summed E-state index contributed by atoms with van der Waals surface area (Å²) in [6.45, 7) is 5.52. The second kappa shape index (κ2) is 4.99. The largest absolute Gasteiger partial charge is 0.369 e. The minimum absolute atomic E-state index is 0.107. The molecule has 1 aromatic carbocycles. The molecule has 2 rings (SSSR count). The van der Waals surface area contributed by atoms with Crippen molar-refractivity contribution in [3.63, 3.8) is 0 Å². The minimum Gasteiger partial charge on any atom is -0.369 e. The monoisotopic (exact) mass is 315 g/mol. The first-order chi connectivity index (χ1) is 7.99. The van der Waals surface area contributed by atoms with Crippen LogP contribution in [0.4, 0.5) is 5.69 Å². The van der Waals surface area contributed by atoms with Crippen LogP contribution in [0.15, 0.2) is 16.6 Å². The van der Waals surface area contributed by atoms with Gasteiger partial charge in [0.05, 0.1) is 5.69 Å². The van der Waals surface area contributed by atoms with E-state index in [1.807, 2.05) is 26.0 Å². The number of rotatable bonds is 1. The first-order valence-corrected chi connectivity index (χ1v) is 6.89. The number of carbonyl (C=O) groups is 1. The summed E-state index contributed by atoms with van der Waals surface area (Å²) in [6.07, 6.45) is 0.624. The Morgan fingerprint density at radius 3 is 2.82 bits per heavy atom. The predicted octanol–water partition coefficient (Wildman–Crippen LogP) is 3.83. The number of aryl methyl sites for hydroxylation is 1. The lowest BCUT2D eigenvalue weighted by molar-refractivity contribution is -0.122. The molecule has 0 saturated carbocycles. The van der Waals surface area contributed by atoms with Gasteiger partial charge in [0, 0.05) is 34.9 Å². The van der Waals surface area contributed by atoms with Crippen LogP contribution in [0.1, 0.15) is 18.9 Å². The zero-order chi connectivity index (χ0) is 12.6. The van der Waals surface area contributed by atoms with E-state index >= 15 is 0 Å². The second-order valence-corrected chi connectivity index (χ2v) is 5.88. The van der Waals surface area contributed by atoms with Crippen molar-refractivity contribution in [3.05, 3.63) is 27.2 Å². The van der Waals surface area contributed by atoms with Crippen molar-refractivity contribution in [2.75, 3.05) is 18.0 Å². The molecule has 2 nitrogen and oxygen atoms in total. The highest BCUT2D eigenvalue weighted by Gasteiger charge is 2.24. The van der Waals surface area contributed by atoms with Crippen LogP contribution in [0.25, 0.3) is 0 Å². The third-order valence-electron chi connectivity index (χ3n) is 3.24. The van der Waals surface area contributed by atoms with E-state index in [0.29, 0.717) is 12.2 Å². The van der Waals surface area contributed by atoms with E-state index in [2.05, 4.69) is 20.8 Å². The van der Waals surface area contributed by atoms with Gasteiger partial charge in [-0.2, -0.15) is 0 Å². The van der Waals surface area contributed by atoms with Crippen LogP contribution in [-0.2, 0) is 4.79 Å². The van der Waals surface area contributed by atoms with E-state index in [0.717, 1.165) is 33.8 Å². The molecule has 1 atom stereocenters. The summed E-state index contributed by atoms with van der Waals surface area (Å²) in [5.41, 5.74) is 2.14. The van der Waals surface area contributed by atoms with Crippen LogP contribution < -0.4 is 4.90 Å². The molecule has 0 spiro atoms. The summed E-state index contributed by atoms with van der Waals surface area (Å²) >= 11 is 9.72. The number of nitrogens with zero attached hydrogens (tertiary/aromatic N) is 1. The summed E-state index contributed by atoms with van der Waals surface area (Å²) in [7, 11) is 0. The highest BCUT2D eigenvalue weighted by atomic mass is 79.9. The first-order valence-electron chi connectivity index (χ1n) is 5.72. The Hall–Kier alpha value is -0.540. The van der Waals surface area contributed by atoms with Gasteiger partial charge in [-0.25, -0.2) is 0 Å². The van der Waals surface area contributed by atoms with Gasteiger partial charge < -0.3 is 4.90 Å².